The van der Waals surface area contributed by atoms with Gasteiger partial charge in [-0.05, 0) is 55.1 Å². The van der Waals surface area contributed by atoms with Gasteiger partial charge in [0.25, 0.3) is 0 Å². The van der Waals surface area contributed by atoms with Gasteiger partial charge in [-0.2, -0.15) is 0 Å². The number of ether oxygens (including phenoxy) is 2. The molecule has 0 unspecified atom stereocenters. The van der Waals surface area contributed by atoms with Gasteiger partial charge in [0.1, 0.15) is 5.82 Å². The molecule has 2 aliphatic rings. The summed E-state index contributed by atoms with van der Waals surface area (Å²) in [5.41, 5.74) is 2.39. The highest BCUT2D eigenvalue weighted by atomic mass is 35.5. The molecule has 0 aliphatic carbocycles. The molecule has 5 nitrogen and oxygen atoms in total. The molecule has 2 heterocycles. The van der Waals surface area contributed by atoms with Crippen molar-refractivity contribution in [1.82, 2.24) is 10.2 Å². The summed E-state index contributed by atoms with van der Waals surface area (Å²) in [5, 5.41) is 4.04. The molecular formula is C22H24ClFN2O3. The number of rotatable bonds is 7. The lowest BCUT2D eigenvalue weighted by molar-refractivity contribution is -0.129. The van der Waals surface area contributed by atoms with Crippen LogP contribution in [0.15, 0.2) is 30.3 Å². The molecule has 1 saturated heterocycles. The van der Waals surface area contributed by atoms with Gasteiger partial charge in [0.05, 0.1) is 0 Å². The Bertz CT molecular complexity index is 921. The van der Waals surface area contributed by atoms with E-state index in [4.69, 9.17) is 21.1 Å². The fourth-order valence-electron chi connectivity index (χ4n) is 3.83. The molecule has 0 bridgehead atoms. The van der Waals surface area contributed by atoms with Crippen LogP contribution < -0.4 is 14.8 Å². The molecule has 0 spiro atoms. The van der Waals surface area contributed by atoms with Gasteiger partial charge < -0.3 is 19.7 Å². The van der Waals surface area contributed by atoms with Crippen LogP contribution in [0, 0.1) is 12.7 Å². The largest absolute Gasteiger partial charge is 0.454 e. The average Bonchev–Trinajstić information content (AvgIpc) is 3.28. The number of nitrogens with one attached hydrogen (secondary N) is 1. The molecular weight excluding hydrogens is 395 g/mol. The number of nitrogens with zero attached hydrogens (tertiary/aromatic N) is 1. The van der Waals surface area contributed by atoms with Crippen LogP contribution in [0.5, 0.6) is 11.5 Å². The van der Waals surface area contributed by atoms with Gasteiger partial charge in [0.2, 0.25) is 12.7 Å². The summed E-state index contributed by atoms with van der Waals surface area (Å²) in [6.45, 7) is 3.77. The summed E-state index contributed by atoms with van der Waals surface area (Å²) in [6, 6.07) is 9.01. The standard InChI is InChI=1S/C22H24ClFN2O3/c1-14-2-3-15(8-19(14)24)12-26-17(4-5-22(26)27)6-7-25-11-16-9-20-21(10-18(16)23)29-13-28-20/h2-3,8-10,17,25H,4-7,11-13H2,1H3/t17-/m0/s1. The topological polar surface area (TPSA) is 50.8 Å². The summed E-state index contributed by atoms with van der Waals surface area (Å²) in [4.78, 5) is 14.2. The number of carbonyl (C=O) groups excluding carboxylic acids is 1. The zero-order chi connectivity index (χ0) is 20.4. The Kier molecular flexibility index (Phi) is 5.92. The van der Waals surface area contributed by atoms with E-state index in [1.807, 2.05) is 17.0 Å². The molecule has 4 rings (SSSR count). The third kappa shape index (κ3) is 4.49. The van der Waals surface area contributed by atoms with Crippen molar-refractivity contribution in [2.75, 3.05) is 13.3 Å². The Morgan fingerprint density at radius 3 is 2.83 bits per heavy atom. The molecule has 0 radical (unpaired) electrons. The number of likely N-dealkylation sites (tertiary alicyclic amines) is 1. The lowest BCUT2D eigenvalue weighted by Gasteiger charge is -2.25. The van der Waals surface area contributed by atoms with Crippen molar-refractivity contribution in [2.24, 2.45) is 0 Å². The second kappa shape index (κ2) is 8.59. The first kappa shape index (κ1) is 20.0. The minimum Gasteiger partial charge on any atom is -0.454 e. The van der Waals surface area contributed by atoms with Gasteiger partial charge in [0, 0.05) is 36.6 Å². The number of carbonyl (C=O) groups is 1. The van der Waals surface area contributed by atoms with Crippen LogP contribution in [-0.2, 0) is 17.9 Å². The van der Waals surface area contributed by atoms with E-state index in [9.17, 15) is 9.18 Å². The molecule has 1 amide bonds. The summed E-state index contributed by atoms with van der Waals surface area (Å²) in [6.07, 6.45) is 2.22. The molecule has 2 aliphatic heterocycles. The number of hydrogen-bond donors (Lipinski definition) is 1. The van der Waals surface area contributed by atoms with Gasteiger partial charge in [0.15, 0.2) is 11.5 Å². The maximum absolute atomic E-state index is 13.8. The summed E-state index contributed by atoms with van der Waals surface area (Å²) in [7, 11) is 0. The number of aryl methyl sites for hydroxylation is 1. The van der Waals surface area contributed by atoms with Gasteiger partial charge in [-0.3, -0.25) is 4.79 Å². The van der Waals surface area contributed by atoms with E-state index >= 15 is 0 Å². The smallest absolute Gasteiger partial charge is 0.231 e. The van der Waals surface area contributed by atoms with E-state index in [1.54, 1.807) is 19.1 Å². The SMILES string of the molecule is Cc1ccc(CN2C(=O)CC[C@H]2CCNCc2cc3c(cc2Cl)OCO3)cc1F. The fourth-order valence-corrected chi connectivity index (χ4v) is 4.05. The highest BCUT2D eigenvalue weighted by molar-refractivity contribution is 6.31. The van der Waals surface area contributed by atoms with Crippen molar-refractivity contribution in [1.29, 1.82) is 0 Å². The average molecular weight is 419 g/mol. The van der Waals surface area contributed by atoms with Gasteiger partial charge in [-0.15, -0.1) is 0 Å². The van der Waals surface area contributed by atoms with E-state index in [-0.39, 0.29) is 24.6 Å². The first-order valence-corrected chi connectivity index (χ1v) is 10.2. The van der Waals surface area contributed by atoms with Crippen LogP contribution in [0.4, 0.5) is 4.39 Å². The fraction of sp³-hybridized carbons (Fsp3) is 0.409. The highest BCUT2D eigenvalue weighted by Crippen LogP contribution is 2.36. The Labute approximate surface area is 174 Å². The third-order valence-corrected chi connectivity index (χ3v) is 5.90. The lowest BCUT2D eigenvalue weighted by Crippen LogP contribution is -2.34. The second-order valence-electron chi connectivity index (χ2n) is 7.56. The Morgan fingerprint density at radius 1 is 1.24 bits per heavy atom. The zero-order valence-electron chi connectivity index (χ0n) is 16.3. The minimum absolute atomic E-state index is 0.134. The van der Waals surface area contributed by atoms with E-state index < -0.39 is 0 Å². The number of hydrogen-bond acceptors (Lipinski definition) is 4. The van der Waals surface area contributed by atoms with Crippen LogP contribution >= 0.6 is 11.6 Å². The number of amides is 1. The number of fused-ring (bicyclic) bond motifs is 1. The van der Waals surface area contributed by atoms with Crippen molar-refractivity contribution in [3.05, 3.63) is 57.9 Å². The van der Waals surface area contributed by atoms with Crippen LogP contribution in [0.1, 0.15) is 36.0 Å². The number of benzene rings is 2. The van der Waals surface area contributed by atoms with Crippen LogP contribution in [0.2, 0.25) is 5.02 Å². The molecule has 1 N–H and O–H groups in total. The second-order valence-corrected chi connectivity index (χ2v) is 7.97. The third-order valence-electron chi connectivity index (χ3n) is 5.55. The summed E-state index contributed by atoms with van der Waals surface area (Å²) < 4.78 is 24.6. The van der Waals surface area contributed by atoms with E-state index in [2.05, 4.69) is 5.32 Å². The highest BCUT2D eigenvalue weighted by Gasteiger charge is 2.30. The molecule has 0 saturated carbocycles. The predicted molar refractivity (Wildman–Crippen MR) is 109 cm³/mol. The first-order chi connectivity index (χ1) is 14.0. The monoisotopic (exact) mass is 418 g/mol. The van der Waals surface area contributed by atoms with Gasteiger partial charge in [-0.1, -0.05) is 23.7 Å². The lowest BCUT2D eigenvalue weighted by atomic mass is 10.1. The van der Waals surface area contributed by atoms with Crippen LogP contribution in [0.3, 0.4) is 0 Å². The van der Waals surface area contributed by atoms with Crippen molar-refractivity contribution in [3.63, 3.8) is 0 Å². The van der Waals surface area contributed by atoms with Gasteiger partial charge in [-0.25, -0.2) is 4.39 Å². The van der Waals surface area contributed by atoms with Crippen molar-refractivity contribution < 1.29 is 18.7 Å². The molecule has 2 aromatic carbocycles. The molecule has 2 aromatic rings. The normalized spacial score (nSPS) is 18.0. The molecule has 1 atom stereocenters. The number of halogens is 2. The van der Waals surface area contributed by atoms with Crippen molar-refractivity contribution in [2.45, 2.75) is 45.3 Å². The molecule has 7 heteroatoms. The van der Waals surface area contributed by atoms with E-state index in [0.29, 0.717) is 41.6 Å². The molecule has 154 valence electrons. The molecule has 1 fully saturated rings. The van der Waals surface area contributed by atoms with Crippen LogP contribution in [-0.4, -0.2) is 30.2 Å². The van der Waals surface area contributed by atoms with Crippen molar-refractivity contribution in [3.8, 4) is 11.5 Å². The minimum atomic E-state index is -0.229. The predicted octanol–water partition coefficient (Wildman–Crippen LogP) is 4.19. The first-order valence-electron chi connectivity index (χ1n) is 9.84. The molecule has 29 heavy (non-hydrogen) atoms. The summed E-state index contributed by atoms with van der Waals surface area (Å²) >= 11 is 6.31. The Balaban J connectivity index is 1.30. The Morgan fingerprint density at radius 2 is 2.03 bits per heavy atom. The summed E-state index contributed by atoms with van der Waals surface area (Å²) in [5.74, 6) is 1.29. The molecule has 0 aromatic heterocycles. The van der Waals surface area contributed by atoms with E-state index in [1.165, 1.54) is 6.07 Å². The maximum Gasteiger partial charge on any atom is 0.231 e. The van der Waals surface area contributed by atoms with Gasteiger partial charge >= 0.3 is 0 Å². The van der Waals surface area contributed by atoms with E-state index in [0.717, 1.165) is 30.5 Å². The Hall–Kier alpha value is -2.31. The van der Waals surface area contributed by atoms with Crippen LogP contribution in [0.25, 0.3) is 0 Å². The quantitative estimate of drug-likeness (QED) is 0.685. The zero-order valence-corrected chi connectivity index (χ0v) is 17.1. The maximum atomic E-state index is 13.8. The van der Waals surface area contributed by atoms with Crippen molar-refractivity contribution >= 4 is 17.5 Å².